The van der Waals surface area contributed by atoms with Crippen molar-refractivity contribution in [2.75, 3.05) is 0 Å². The van der Waals surface area contributed by atoms with E-state index < -0.39 is 0 Å². The van der Waals surface area contributed by atoms with Gasteiger partial charge in [-0.05, 0) is 76.1 Å². The molecule has 0 nitrogen and oxygen atoms in total. The molecule has 3 aromatic rings. The minimum Gasteiger partial charge on any atom is -0.0758 e. The van der Waals surface area contributed by atoms with Crippen molar-refractivity contribution in [2.24, 2.45) is 11.8 Å². The Hall–Kier alpha value is -2.86. The van der Waals surface area contributed by atoms with Gasteiger partial charge in [0.25, 0.3) is 0 Å². The third kappa shape index (κ3) is 4.43. The second-order valence-electron chi connectivity index (χ2n) is 10.8. The van der Waals surface area contributed by atoms with Gasteiger partial charge in [0.1, 0.15) is 0 Å². The highest BCUT2D eigenvalue weighted by atomic mass is 14.5. The summed E-state index contributed by atoms with van der Waals surface area (Å²) in [5, 5.41) is 0. The zero-order valence-electron chi connectivity index (χ0n) is 22.3. The molecule has 4 rings (SSSR count). The fourth-order valence-electron chi connectivity index (χ4n) is 6.05. The molecule has 0 N–H and O–H groups in total. The molecule has 0 aliphatic heterocycles. The molecular weight excluding hydrogens is 408 g/mol. The van der Waals surface area contributed by atoms with Crippen LogP contribution in [0.2, 0.25) is 0 Å². The van der Waals surface area contributed by atoms with Crippen molar-refractivity contribution in [3.8, 4) is 0 Å². The third-order valence-corrected chi connectivity index (χ3v) is 7.58. The standard InChI is InChI=1S/C34H40/c1-9-28(8)29-10-11-30(21-29)34(31-15-22(2)12-23(3)16-31,32-17-24(4)13-25(5)18-32)33-19-26(6)14-27(7)20-33/h10-21,28,30H,9H2,1-8H3. The summed E-state index contributed by atoms with van der Waals surface area (Å²) in [5.74, 6) is 0.816. The van der Waals surface area contributed by atoms with Gasteiger partial charge in [-0.2, -0.15) is 0 Å². The predicted octanol–water partition coefficient (Wildman–Crippen LogP) is 9.03. The average molecular weight is 449 g/mol. The van der Waals surface area contributed by atoms with Crippen molar-refractivity contribution in [2.45, 2.75) is 67.2 Å². The Morgan fingerprint density at radius 2 is 0.971 bits per heavy atom. The van der Waals surface area contributed by atoms with Gasteiger partial charge in [-0.25, -0.2) is 0 Å². The SMILES string of the molecule is CCC(C)C1=CC(C(c2cc(C)cc(C)c2)(c2cc(C)cc(C)c2)c2cc(C)cc(C)c2)C=C1. The highest BCUT2D eigenvalue weighted by Gasteiger charge is 2.44. The van der Waals surface area contributed by atoms with Crippen molar-refractivity contribution in [1.82, 2.24) is 0 Å². The molecule has 0 saturated carbocycles. The van der Waals surface area contributed by atoms with Crippen LogP contribution in [0.1, 0.15) is 70.3 Å². The molecule has 34 heavy (non-hydrogen) atoms. The Balaban J connectivity index is 2.16. The Morgan fingerprint density at radius 3 is 1.29 bits per heavy atom. The maximum atomic E-state index is 2.56. The first-order valence-electron chi connectivity index (χ1n) is 12.8. The summed E-state index contributed by atoms with van der Waals surface area (Å²) in [6, 6.07) is 21.4. The molecule has 0 radical (unpaired) electrons. The molecule has 0 saturated heterocycles. The maximum absolute atomic E-state index is 2.56. The van der Waals surface area contributed by atoms with E-state index in [1.165, 1.54) is 55.6 Å². The monoisotopic (exact) mass is 448 g/mol. The van der Waals surface area contributed by atoms with Gasteiger partial charge in [0, 0.05) is 5.92 Å². The van der Waals surface area contributed by atoms with Crippen LogP contribution >= 0.6 is 0 Å². The molecule has 0 fully saturated rings. The number of hydrogen-bond donors (Lipinski definition) is 0. The Bertz CT molecular complexity index is 1080. The van der Waals surface area contributed by atoms with Crippen LogP contribution in [0.4, 0.5) is 0 Å². The highest BCUT2D eigenvalue weighted by Crippen LogP contribution is 2.50. The summed E-state index contributed by atoms with van der Waals surface area (Å²) in [7, 11) is 0. The topological polar surface area (TPSA) is 0 Å². The molecule has 0 aromatic heterocycles. The molecule has 176 valence electrons. The first-order valence-corrected chi connectivity index (χ1v) is 12.8. The zero-order chi connectivity index (χ0) is 24.6. The molecule has 1 aliphatic carbocycles. The van der Waals surface area contributed by atoms with Gasteiger partial charge in [-0.15, -0.1) is 0 Å². The molecule has 0 heterocycles. The van der Waals surface area contributed by atoms with Crippen molar-refractivity contribution in [3.05, 3.63) is 128 Å². The lowest BCUT2D eigenvalue weighted by Crippen LogP contribution is -2.36. The summed E-state index contributed by atoms with van der Waals surface area (Å²) in [6.07, 6.45) is 8.57. The summed E-state index contributed by atoms with van der Waals surface area (Å²) in [5.41, 5.74) is 13.3. The predicted molar refractivity (Wildman–Crippen MR) is 148 cm³/mol. The van der Waals surface area contributed by atoms with Crippen molar-refractivity contribution >= 4 is 0 Å². The average Bonchev–Trinajstić information content (AvgIpc) is 3.22. The smallest absolute Gasteiger partial charge is 0.0549 e. The van der Waals surface area contributed by atoms with Crippen LogP contribution in [0, 0.1) is 53.4 Å². The summed E-state index contributed by atoms with van der Waals surface area (Å²) >= 11 is 0. The lowest BCUT2D eigenvalue weighted by molar-refractivity contribution is 0.523. The molecule has 0 heteroatoms. The first kappa shape index (κ1) is 24.3. The molecule has 2 atom stereocenters. The van der Waals surface area contributed by atoms with Crippen LogP contribution in [-0.4, -0.2) is 0 Å². The summed E-state index contributed by atoms with van der Waals surface area (Å²) in [6.45, 7) is 18.0. The van der Waals surface area contributed by atoms with Gasteiger partial charge in [-0.3, -0.25) is 0 Å². The van der Waals surface area contributed by atoms with Crippen LogP contribution in [0.3, 0.4) is 0 Å². The Kier molecular flexibility index (Phi) is 6.72. The van der Waals surface area contributed by atoms with E-state index in [1.807, 2.05) is 0 Å². The molecule has 0 spiro atoms. The quantitative estimate of drug-likeness (QED) is 0.330. The number of rotatable bonds is 6. The van der Waals surface area contributed by atoms with E-state index in [-0.39, 0.29) is 11.3 Å². The van der Waals surface area contributed by atoms with E-state index >= 15 is 0 Å². The van der Waals surface area contributed by atoms with Gasteiger partial charge < -0.3 is 0 Å². The van der Waals surface area contributed by atoms with Gasteiger partial charge in [0.15, 0.2) is 0 Å². The summed E-state index contributed by atoms with van der Waals surface area (Å²) in [4.78, 5) is 0. The van der Waals surface area contributed by atoms with E-state index in [1.54, 1.807) is 0 Å². The molecule has 0 amide bonds. The fraction of sp³-hybridized carbons (Fsp3) is 0.353. The van der Waals surface area contributed by atoms with Crippen LogP contribution in [0.15, 0.2) is 78.4 Å². The fourth-order valence-corrected chi connectivity index (χ4v) is 6.05. The lowest BCUT2D eigenvalue weighted by atomic mass is 9.61. The molecule has 2 unspecified atom stereocenters. The van der Waals surface area contributed by atoms with Crippen LogP contribution in [-0.2, 0) is 5.41 Å². The second kappa shape index (κ2) is 9.41. The van der Waals surface area contributed by atoms with Crippen LogP contribution in [0.5, 0.6) is 0 Å². The number of benzene rings is 3. The van der Waals surface area contributed by atoms with E-state index in [4.69, 9.17) is 0 Å². The maximum Gasteiger partial charge on any atom is 0.0549 e. The van der Waals surface area contributed by atoms with Crippen molar-refractivity contribution < 1.29 is 0 Å². The zero-order valence-corrected chi connectivity index (χ0v) is 22.3. The molecule has 1 aliphatic rings. The van der Waals surface area contributed by atoms with E-state index in [2.05, 4.69) is 128 Å². The lowest BCUT2D eigenvalue weighted by Gasteiger charge is -2.41. The third-order valence-electron chi connectivity index (χ3n) is 7.58. The number of allylic oxidation sites excluding steroid dienone is 4. The molecular formula is C34H40. The number of aryl methyl sites for hydroxylation is 6. The first-order chi connectivity index (χ1) is 16.1. The van der Waals surface area contributed by atoms with Gasteiger partial charge >= 0.3 is 0 Å². The Labute approximate surface area is 207 Å². The van der Waals surface area contributed by atoms with Crippen molar-refractivity contribution in [3.63, 3.8) is 0 Å². The van der Waals surface area contributed by atoms with E-state index in [0.29, 0.717) is 5.92 Å². The summed E-state index contributed by atoms with van der Waals surface area (Å²) < 4.78 is 0. The second-order valence-corrected chi connectivity index (χ2v) is 10.8. The number of hydrogen-bond acceptors (Lipinski definition) is 0. The normalized spacial score (nSPS) is 16.6. The van der Waals surface area contributed by atoms with E-state index in [0.717, 1.165) is 6.42 Å². The largest absolute Gasteiger partial charge is 0.0758 e. The van der Waals surface area contributed by atoms with E-state index in [9.17, 15) is 0 Å². The van der Waals surface area contributed by atoms with Crippen LogP contribution in [0.25, 0.3) is 0 Å². The Morgan fingerprint density at radius 1 is 0.618 bits per heavy atom. The molecule has 3 aromatic carbocycles. The van der Waals surface area contributed by atoms with Crippen LogP contribution < -0.4 is 0 Å². The van der Waals surface area contributed by atoms with Gasteiger partial charge in [0.05, 0.1) is 5.41 Å². The van der Waals surface area contributed by atoms with Crippen molar-refractivity contribution in [1.29, 1.82) is 0 Å². The van der Waals surface area contributed by atoms with Gasteiger partial charge in [0.2, 0.25) is 0 Å². The minimum absolute atomic E-state index is 0.250. The highest BCUT2D eigenvalue weighted by molar-refractivity contribution is 5.59. The minimum atomic E-state index is -0.296. The molecule has 0 bridgehead atoms. The van der Waals surface area contributed by atoms with Gasteiger partial charge in [-0.1, -0.05) is 120 Å².